The largest absolute Gasteiger partial charge is 0.433 e. The summed E-state index contributed by atoms with van der Waals surface area (Å²) in [5.41, 5.74) is 0.986. The van der Waals surface area contributed by atoms with Crippen LogP contribution in [0.2, 0.25) is 0 Å². The van der Waals surface area contributed by atoms with Gasteiger partial charge in [0.15, 0.2) is 5.60 Å². The quantitative estimate of drug-likeness (QED) is 0.832. The second-order valence-corrected chi connectivity index (χ2v) is 5.10. The third kappa shape index (κ3) is 2.75. The molecule has 1 aliphatic rings. The fraction of sp³-hybridized carbons (Fsp3) is 0.500. The molecule has 0 spiro atoms. The van der Waals surface area contributed by atoms with E-state index in [1.54, 1.807) is 13.8 Å². The Bertz CT molecular complexity index is 494. The average molecular weight is 262 g/mol. The van der Waals surface area contributed by atoms with Gasteiger partial charge >= 0.3 is 6.09 Å². The lowest BCUT2D eigenvalue weighted by Gasteiger charge is -2.13. The van der Waals surface area contributed by atoms with E-state index in [4.69, 9.17) is 4.74 Å². The van der Waals surface area contributed by atoms with Gasteiger partial charge in [-0.15, -0.1) is 0 Å². The van der Waals surface area contributed by atoms with E-state index >= 15 is 0 Å². The van der Waals surface area contributed by atoms with Gasteiger partial charge in [0.1, 0.15) is 0 Å². The van der Waals surface area contributed by atoms with Crippen molar-refractivity contribution in [2.24, 2.45) is 0 Å². The SMILES string of the molecule is CCc1ccc(CCN2C(=O)OC(C)(C)C2=O)nc1. The lowest BCUT2D eigenvalue weighted by Crippen LogP contribution is -2.37. The van der Waals surface area contributed by atoms with Crippen LogP contribution < -0.4 is 0 Å². The normalized spacial score (nSPS) is 17.7. The van der Waals surface area contributed by atoms with Gasteiger partial charge < -0.3 is 4.74 Å². The van der Waals surface area contributed by atoms with E-state index < -0.39 is 11.7 Å². The molecule has 2 amide bonds. The Morgan fingerprint density at radius 2 is 2.05 bits per heavy atom. The first-order valence-electron chi connectivity index (χ1n) is 6.43. The van der Waals surface area contributed by atoms with Gasteiger partial charge in [0.2, 0.25) is 0 Å². The third-order valence-corrected chi connectivity index (χ3v) is 3.21. The predicted molar refractivity (Wildman–Crippen MR) is 69.6 cm³/mol. The van der Waals surface area contributed by atoms with Gasteiger partial charge in [-0.05, 0) is 31.9 Å². The van der Waals surface area contributed by atoms with Crippen molar-refractivity contribution < 1.29 is 14.3 Å². The van der Waals surface area contributed by atoms with Crippen molar-refractivity contribution in [3.63, 3.8) is 0 Å². The Kier molecular flexibility index (Phi) is 3.55. The number of cyclic esters (lactones) is 1. The number of imide groups is 1. The zero-order valence-electron chi connectivity index (χ0n) is 11.5. The Hall–Kier alpha value is -1.91. The van der Waals surface area contributed by atoms with Crippen LogP contribution in [0.1, 0.15) is 32.0 Å². The van der Waals surface area contributed by atoms with Crippen LogP contribution in [-0.4, -0.2) is 34.0 Å². The van der Waals surface area contributed by atoms with Crippen molar-refractivity contribution in [2.45, 2.75) is 39.2 Å². The van der Waals surface area contributed by atoms with Crippen molar-refractivity contribution in [1.82, 2.24) is 9.88 Å². The number of pyridine rings is 1. The first kappa shape index (κ1) is 13.5. The number of ether oxygens (including phenoxy) is 1. The zero-order valence-corrected chi connectivity index (χ0v) is 11.5. The number of rotatable bonds is 4. The Morgan fingerprint density at radius 3 is 2.53 bits per heavy atom. The predicted octanol–water partition coefficient (Wildman–Crippen LogP) is 1.94. The van der Waals surface area contributed by atoms with Gasteiger partial charge in [0.05, 0.1) is 0 Å². The minimum Gasteiger partial charge on any atom is -0.433 e. The highest BCUT2D eigenvalue weighted by atomic mass is 16.6. The van der Waals surface area contributed by atoms with Crippen LogP contribution in [0.3, 0.4) is 0 Å². The number of nitrogens with zero attached hydrogens (tertiary/aromatic N) is 2. The summed E-state index contributed by atoms with van der Waals surface area (Å²) < 4.78 is 5.02. The summed E-state index contributed by atoms with van der Waals surface area (Å²) >= 11 is 0. The van der Waals surface area contributed by atoms with Crippen molar-refractivity contribution >= 4 is 12.0 Å². The number of aryl methyl sites for hydroxylation is 1. The third-order valence-electron chi connectivity index (χ3n) is 3.21. The maximum atomic E-state index is 11.9. The van der Waals surface area contributed by atoms with Gasteiger partial charge in [-0.2, -0.15) is 0 Å². The van der Waals surface area contributed by atoms with Crippen LogP contribution >= 0.6 is 0 Å². The van der Waals surface area contributed by atoms with Gasteiger partial charge in [-0.25, -0.2) is 9.69 Å². The first-order valence-corrected chi connectivity index (χ1v) is 6.43. The zero-order chi connectivity index (χ0) is 14.0. The second-order valence-electron chi connectivity index (χ2n) is 5.10. The van der Waals surface area contributed by atoms with Crippen LogP contribution in [0.25, 0.3) is 0 Å². The molecule has 102 valence electrons. The molecule has 0 aromatic carbocycles. The van der Waals surface area contributed by atoms with Crippen LogP contribution in [0, 0.1) is 0 Å². The molecule has 1 fully saturated rings. The van der Waals surface area contributed by atoms with Crippen molar-refractivity contribution in [3.05, 3.63) is 29.6 Å². The molecular weight excluding hydrogens is 244 g/mol. The molecule has 5 heteroatoms. The van der Waals surface area contributed by atoms with E-state index in [0.29, 0.717) is 13.0 Å². The topological polar surface area (TPSA) is 59.5 Å². The lowest BCUT2D eigenvalue weighted by molar-refractivity contribution is -0.134. The minimum atomic E-state index is -1.05. The Balaban J connectivity index is 1.98. The molecule has 5 nitrogen and oxygen atoms in total. The molecule has 1 aliphatic heterocycles. The smallest absolute Gasteiger partial charge is 0.417 e. The Morgan fingerprint density at radius 1 is 1.32 bits per heavy atom. The molecule has 1 saturated heterocycles. The number of amides is 2. The first-order chi connectivity index (χ1) is 8.94. The summed E-state index contributed by atoms with van der Waals surface area (Å²) in [6.45, 7) is 5.57. The average Bonchev–Trinajstić information content (AvgIpc) is 2.57. The molecule has 1 aromatic heterocycles. The molecule has 2 heterocycles. The maximum Gasteiger partial charge on any atom is 0.417 e. The highest BCUT2D eigenvalue weighted by Crippen LogP contribution is 2.23. The number of hydrogen-bond donors (Lipinski definition) is 0. The maximum absolute atomic E-state index is 11.9. The molecule has 0 bridgehead atoms. The van der Waals surface area contributed by atoms with Crippen molar-refractivity contribution in [1.29, 1.82) is 0 Å². The van der Waals surface area contributed by atoms with Crippen LogP contribution in [0.5, 0.6) is 0 Å². The van der Waals surface area contributed by atoms with Crippen molar-refractivity contribution in [2.75, 3.05) is 6.54 Å². The van der Waals surface area contributed by atoms with Gasteiger partial charge in [-0.3, -0.25) is 9.78 Å². The monoisotopic (exact) mass is 262 g/mol. The molecule has 0 unspecified atom stereocenters. The highest BCUT2D eigenvalue weighted by molar-refractivity contribution is 6.02. The number of carbonyl (C=O) groups excluding carboxylic acids is 2. The molecular formula is C14H18N2O3. The van der Waals surface area contributed by atoms with E-state index in [9.17, 15) is 9.59 Å². The Labute approximate surface area is 112 Å². The lowest BCUT2D eigenvalue weighted by atomic mass is 10.1. The fourth-order valence-corrected chi connectivity index (χ4v) is 1.96. The fourth-order valence-electron chi connectivity index (χ4n) is 1.96. The molecule has 0 N–H and O–H groups in total. The summed E-state index contributed by atoms with van der Waals surface area (Å²) in [6, 6.07) is 3.94. The van der Waals surface area contributed by atoms with E-state index in [0.717, 1.165) is 17.0 Å². The second kappa shape index (κ2) is 4.99. The molecule has 0 radical (unpaired) electrons. The number of aromatic nitrogens is 1. The van der Waals surface area contributed by atoms with Crippen LogP contribution in [0.15, 0.2) is 18.3 Å². The molecule has 0 aliphatic carbocycles. The molecule has 1 aromatic rings. The van der Waals surface area contributed by atoms with Crippen LogP contribution in [0.4, 0.5) is 4.79 Å². The van der Waals surface area contributed by atoms with Gasteiger partial charge in [0.25, 0.3) is 5.91 Å². The van der Waals surface area contributed by atoms with E-state index in [2.05, 4.69) is 11.9 Å². The standard InChI is InChI=1S/C14H18N2O3/c1-4-10-5-6-11(15-9-10)7-8-16-12(17)14(2,3)19-13(16)18/h5-6,9H,4,7-8H2,1-3H3. The number of carbonyl (C=O) groups is 2. The van der Waals surface area contributed by atoms with E-state index in [1.165, 1.54) is 5.56 Å². The summed E-state index contributed by atoms with van der Waals surface area (Å²) in [7, 11) is 0. The summed E-state index contributed by atoms with van der Waals surface area (Å²) in [5.74, 6) is -0.289. The summed E-state index contributed by atoms with van der Waals surface area (Å²) in [4.78, 5) is 29.0. The van der Waals surface area contributed by atoms with Gasteiger partial charge in [-0.1, -0.05) is 13.0 Å². The summed E-state index contributed by atoms with van der Waals surface area (Å²) in [6.07, 6.45) is 2.74. The summed E-state index contributed by atoms with van der Waals surface area (Å²) in [5, 5.41) is 0. The molecule has 2 rings (SSSR count). The molecule has 0 saturated carbocycles. The number of hydrogen-bond acceptors (Lipinski definition) is 4. The van der Waals surface area contributed by atoms with E-state index in [1.807, 2.05) is 18.3 Å². The molecule has 19 heavy (non-hydrogen) atoms. The van der Waals surface area contributed by atoms with Crippen LogP contribution in [-0.2, 0) is 22.4 Å². The van der Waals surface area contributed by atoms with Crippen molar-refractivity contribution in [3.8, 4) is 0 Å². The minimum absolute atomic E-state index is 0.289. The molecule has 0 atom stereocenters. The van der Waals surface area contributed by atoms with E-state index in [-0.39, 0.29) is 5.91 Å². The highest BCUT2D eigenvalue weighted by Gasteiger charge is 2.46. The van der Waals surface area contributed by atoms with Gasteiger partial charge in [0, 0.05) is 24.9 Å².